The van der Waals surface area contributed by atoms with Gasteiger partial charge in [0.15, 0.2) is 0 Å². The van der Waals surface area contributed by atoms with Gasteiger partial charge in [-0.05, 0) is 69.2 Å². The van der Waals surface area contributed by atoms with Crippen molar-refractivity contribution in [1.29, 1.82) is 0 Å². The van der Waals surface area contributed by atoms with Crippen LogP contribution in [0.5, 0.6) is 0 Å². The van der Waals surface area contributed by atoms with E-state index >= 15 is 0 Å². The molecule has 0 spiro atoms. The molecule has 4 heteroatoms. The van der Waals surface area contributed by atoms with Crippen molar-refractivity contribution in [3.05, 3.63) is 35.4 Å². The van der Waals surface area contributed by atoms with Gasteiger partial charge in [-0.15, -0.1) is 0 Å². The van der Waals surface area contributed by atoms with Crippen molar-refractivity contribution >= 4 is 0 Å². The largest absolute Gasteiger partial charge is 0.416 e. The van der Waals surface area contributed by atoms with Crippen molar-refractivity contribution in [2.45, 2.75) is 49.7 Å². The fourth-order valence-electron chi connectivity index (χ4n) is 4.25. The van der Waals surface area contributed by atoms with Gasteiger partial charge in [-0.2, -0.15) is 13.2 Å². The lowest BCUT2D eigenvalue weighted by molar-refractivity contribution is -0.137. The molecule has 2 fully saturated rings. The van der Waals surface area contributed by atoms with Gasteiger partial charge in [0.05, 0.1) is 5.56 Å². The zero-order valence-electron chi connectivity index (χ0n) is 12.6. The van der Waals surface area contributed by atoms with Crippen LogP contribution in [0.1, 0.15) is 43.2 Å². The summed E-state index contributed by atoms with van der Waals surface area (Å²) in [5.74, 6) is 0.567. The van der Waals surface area contributed by atoms with Gasteiger partial charge in [0.2, 0.25) is 0 Å². The molecule has 0 bridgehead atoms. The average molecular weight is 297 g/mol. The summed E-state index contributed by atoms with van der Waals surface area (Å²) in [5.41, 5.74) is 0.376. The van der Waals surface area contributed by atoms with E-state index in [0.717, 1.165) is 31.2 Å². The number of hydrogen-bond donors (Lipinski definition) is 0. The lowest BCUT2D eigenvalue weighted by Gasteiger charge is -2.56. The van der Waals surface area contributed by atoms with Gasteiger partial charge in [0.25, 0.3) is 0 Å². The minimum Gasteiger partial charge on any atom is -0.306 e. The van der Waals surface area contributed by atoms with Crippen molar-refractivity contribution in [3.8, 4) is 0 Å². The summed E-state index contributed by atoms with van der Waals surface area (Å²) in [6.07, 6.45) is 1.24. The first-order valence-electron chi connectivity index (χ1n) is 7.67. The summed E-state index contributed by atoms with van der Waals surface area (Å²) in [7, 11) is 4.15. The van der Waals surface area contributed by atoms with E-state index in [1.54, 1.807) is 6.07 Å². The van der Waals surface area contributed by atoms with Gasteiger partial charge in [-0.1, -0.05) is 18.2 Å². The van der Waals surface area contributed by atoms with Crippen LogP contribution >= 0.6 is 0 Å². The van der Waals surface area contributed by atoms with Crippen LogP contribution in [0.4, 0.5) is 13.2 Å². The lowest BCUT2D eigenvalue weighted by atomic mass is 9.50. The maximum atomic E-state index is 13.0. The number of halogens is 3. The van der Waals surface area contributed by atoms with Gasteiger partial charge in [-0.3, -0.25) is 0 Å². The molecule has 0 aliphatic heterocycles. The molecule has 1 aromatic carbocycles. The molecule has 0 aromatic heterocycles. The Morgan fingerprint density at radius 3 is 2.48 bits per heavy atom. The van der Waals surface area contributed by atoms with Gasteiger partial charge in [0.1, 0.15) is 0 Å². The number of rotatable bonds is 2. The molecule has 0 saturated heterocycles. The molecular formula is C17H22F3N. The second-order valence-electron chi connectivity index (χ2n) is 6.87. The third-order valence-corrected chi connectivity index (χ3v) is 5.66. The van der Waals surface area contributed by atoms with Crippen molar-refractivity contribution < 1.29 is 13.2 Å². The molecular weight excluding hydrogens is 275 g/mol. The van der Waals surface area contributed by atoms with Gasteiger partial charge >= 0.3 is 6.18 Å². The van der Waals surface area contributed by atoms with Crippen molar-refractivity contribution in [2.24, 2.45) is 5.92 Å². The molecule has 0 N–H and O–H groups in total. The molecule has 0 radical (unpaired) electrons. The summed E-state index contributed by atoms with van der Waals surface area (Å²) >= 11 is 0. The molecule has 21 heavy (non-hydrogen) atoms. The molecule has 1 aromatic rings. The average Bonchev–Trinajstić information content (AvgIpc) is 2.39. The molecule has 2 saturated carbocycles. The highest BCUT2D eigenvalue weighted by atomic mass is 19.4. The highest BCUT2D eigenvalue weighted by molar-refractivity contribution is 5.35. The number of nitrogens with zero attached hydrogens (tertiary/aromatic N) is 1. The monoisotopic (exact) mass is 297 g/mol. The lowest BCUT2D eigenvalue weighted by Crippen LogP contribution is -2.52. The van der Waals surface area contributed by atoms with Crippen LogP contribution in [0.25, 0.3) is 0 Å². The first-order valence-corrected chi connectivity index (χ1v) is 7.67. The Hall–Kier alpha value is -1.03. The van der Waals surface area contributed by atoms with E-state index < -0.39 is 11.7 Å². The van der Waals surface area contributed by atoms with Crippen LogP contribution in [-0.4, -0.2) is 25.0 Å². The second-order valence-corrected chi connectivity index (χ2v) is 6.87. The van der Waals surface area contributed by atoms with Crippen molar-refractivity contribution in [2.75, 3.05) is 14.1 Å². The van der Waals surface area contributed by atoms with E-state index in [9.17, 15) is 13.2 Å². The summed E-state index contributed by atoms with van der Waals surface area (Å²) < 4.78 is 38.9. The zero-order chi connectivity index (χ0) is 15.3. The van der Waals surface area contributed by atoms with Crippen molar-refractivity contribution in [3.63, 3.8) is 0 Å². The Kier molecular flexibility index (Phi) is 3.55. The minimum absolute atomic E-state index is 0.0194. The molecule has 2 aliphatic carbocycles. The van der Waals surface area contributed by atoms with E-state index in [4.69, 9.17) is 0 Å². The summed E-state index contributed by atoms with van der Waals surface area (Å²) in [6, 6.07) is 6.53. The number of hydrogen-bond acceptors (Lipinski definition) is 1. The summed E-state index contributed by atoms with van der Waals surface area (Å²) in [4.78, 5) is 2.23. The maximum absolute atomic E-state index is 13.0. The Balaban J connectivity index is 1.94. The third kappa shape index (κ3) is 2.48. The summed E-state index contributed by atoms with van der Waals surface area (Å²) in [6.45, 7) is 0. The molecule has 3 rings (SSSR count). The highest BCUT2D eigenvalue weighted by Gasteiger charge is 2.51. The molecule has 3 atom stereocenters. The number of fused-ring (bicyclic) bond motifs is 1. The SMILES string of the molecule is CN(C)[C@@H]1CC[C@H]2CC[C@@]2(c2cccc(C(F)(F)F)c2)C1. The van der Waals surface area contributed by atoms with E-state index in [1.807, 2.05) is 6.07 Å². The van der Waals surface area contributed by atoms with Crippen LogP contribution in [0.2, 0.25) is 0 Å². The first kappa shape index (κ1) is 14.9. The van der Waals surface area contributed by atoms with E-state index in [0.29, 0.717) is 12.0 Å². The fraction of sp³-hybridized carbons (Fsp3) is 0.647. The molecule has 0 amide bonds. The number of benzene rings is 1. The maximum Gasteiger partial charge on any atom is 0.416 e. The molecule has 2 aliphatic rings. The van der Waals surface area contributed by atoms with E-state index in [-0.39, 0.29) is 5.41 Å². The molecule has 0 heterocycles. The van der Waals surface area contributed by atoms with Crippen LogP contribution in [0, 0.1) is 5.92 Å². The predicted octanol–water partition coefficient (Wildman–Crippen LogP) is 4.47. The van der Waals surface area contributed by atoms with Crippen LogP contribution in [-0.2, 0) is 11.6 Å². The van der Waals surface area contributed by atoms with Gasteiger partial charge in [-0.25, -0.2) is 0 Å². The normalized spacial score (nSPS) is 32.7. The fourth-order valence-corrected chi connectivity index (χ4v) is 4.25. The van der Waals surface area contributed by atoms with Gasteiger partial charge in [0, 0.05) is 6.04 Å². The van der Waals surface area contributed by atoms with Gasteiger partial charge < -0.3 is 4.90 Å². The predicted molar refractivity (Wildman–Crippen MR) is 77.2 cm³/mol. The third-order valence-electron chi connectivity index (χ3n) is 5.66. The second kappa shape index (κ2) is 5.01. The van der Waals surface area contributed by atoms with Crippen LogP contribution in [0.3, 0.4) is 0 Å². The number of alkyl halides is 3. The van der Waals surface area contributed by atoms with E-state index in [2.05, 4.69) is 19.0 Å². The highest BCUT2D eigenvalue weighted by Crippen LogP contribution is 2.57. The molecule has 116 valence electrons. The Labute approximate surface area is 124 Å². The Bertz CT molecular complexity index is 523. The quantitative estimate of drug-likeness (QED) is 0.778. The van der Waals surface area contributed by atoms with E-state index in [1.165, 1.54) is 18.6 Å². The van der Waals surface area contributed by atoms with Crippen LogP contribution < -0.4 is 0 Å². The minimum atomic E-state index is -4.25. The topological polar surface area (TPSA) is 3.24 Å². The smallest absolute Gasteiger partial charge is 0.306 e. The standard InChI is InChI=1S/C17H22F3N/c1-21(2)15-7-6-12-8-9-16(12,11-15)13-4-3-5-14(10-13)17(18,19)20/h3-5,10,12,15H,6-9,11H2,1-2H3/t12-,15+,16+/m0/s1. The Morgan fingerprint density at radius 1 is 1.14 bits per heavy atom. The van der Waals surface area contributed by atoms with Crippen LogP contribution in [0.15, 0.2) is 24.3 Å². The zero-order valence-corrected chi connectivity index (χ0v) is 12.6. The molecule has 0 unspecified atom stereocenters. The Morgan fingerprint density at radius 2 is 1.90 bits per heavy atom. The first-order chi connectivity index (χ1) is 9.83. The van der Waals surface area contributed by atoms with Crippen molar-refractivity contribution in [1.82, 2.24) is 4.90 Å². The molecule has 1 nitrogen and oxygen atoms in total. The summed E-state index contributed by atoms with van der Waals surface area (Å²) in [5, 5.41) is 0.